The molecular weight excluding hydrogens is 210 g/mol. The minimum Gasteiger partial charge on any atom is -0.481 e. The predicted molar refractivity (Wildman–Crippen MR) is 50.4 cm³/mol. The molecule has 3 N–H and O–H groups in total. The van der Waals surface area contributed by atoms with Crippen LogP contribution in [-0.4, -0.2) is 43.5 Å². The van der Waals surface area contributed by atoms with Crippen LogP contribution in [0.1, 0.15) is 19.3 Å². The summed E-state index contributed by atoms with van der Waals surface area (Å²) in [5.41, 5.74) is 0. The van der Waals surface area contributed by atoms with Crippen LogP contribution in [0.5, 0.6) is 0 Å². The van der Waals surface area contributed by atoms with Crippen LogP contribution in [0, 0.1) is 0 Å². The third-order valence-electron chi connectivity index (χ3n) is 1.46. The monoisotopic (exact) mass is 225 g/mol. The van der Waals surface area contributed by atoms with Crippen molar-refractivity contribution in [2.75, 3.05) is 18.9 Å². The summed E-state index contributed by atoms with van der Waals surface area (Å²) in [6.07, 6.45) is 0.308. The normalized spacial score (nSPS) is 11.5. The highest BCUT2D eigenvalue weighted by Gasteiger charge is 2.09. The van der Waals surface area contributed by atoms with Gasteiger partial charge >= 0.3 is 5.97 Å². The van der Waals surface area contributed by atoms with Crippen molar-refractivity contribution in [3.8, 4) is 0 Å². The number of carboxylic acids is 1. The van der Waals surface area contributed by atoms with E-state index in [0.29, 0.717) is 6.42 Å². The van der Waals surface area contributed by atoms with Crippen molar-refractivity contribution < 1.29 is 23.4 Å². The summed E-state index contributed by atoms with van der Waals surface area (Å²) in [6, 6.07) is 0. The van der Waals surface area contributed by atoms with Gasteiger partial charge in [-0.05, 0) is 12.8 Å². The van der Waals surface area contributed by atoms with Gasteiger partial charge < -0.3 is 10.2 Å². The van der Waals surface area contributed by atoms with Gasteiger partial charge in [0.05, 0.1) is 5.75 Å². The molecule has 0 bridgehead atoms. The van der Waals surface area contributed by atoms with E-state index in [9.17, 15) is 13.2 Å². The Bertz CT molecular complexity index is 261. The molecule has 0 unspecified atom stereocenters. The van der Waals surface area contributed by atoms with Crippen LogP contribution < -0.4 is 4.72 Å². The number of hydrogen-bond acceptors (Lipinski definition) is 4. The molecule has 0 radical (unpaired) electrons. The maximum atomic E-state index is 11.1. The number of aliphatic hydroxyl groups excluding tert-OH is 1. The van der Waals surface area contributed by atoms with E-state index < -0.39 is 16.0 Å². The summed E-state index contributed by atoms with van der Waals surface area (Å²) in [7, 11) is -3.37. The fourth-order valence-corrected chi connectivity index (χ4v) is 1.92. The first-order valence-electron chi connectivity index (χ1n) is 4.28. The summed E-state index contributed by atoms with van der Waals surface area (Å²) < 4.78 is 24.5. The van der Waals surface area contributed by atoms with Crippen LogP contribution in [0.2, 0.25) is 0 Å². The van der Waals surface area contributed by atoms with Crippen LogP contribution in [0.25, 0.3) is 0 Å². The zero-order chi connectivity index (χ0) is 11.0. The van der Waals surface area contributed by atoms with Gasteiger partial charge in [-0.2, -0.15) is 0 Å². The Kier molecular flexibility index (Phi) is 6.43. The summed E-state index contributed by atoms with van der Waals surface area (Å²) in [4.78, 5) is 10.1. The minimum absolute atomic E-state index is 0.0718. The number of aliphatic carboxylic acids is 1. The van der Waals surface area contributed by atoms with E-state index in [-0.39, 0.29) is 31.7 Å². The van der Waals surface area contributed by atoms with Crippen LogP contribution >= 0.6 is 0 Å². The van der Waals surface area contributed by atoms with Gasteiger partial charge in [0.2, 0.25) is 10.0 Å². The van der Waals surface area contributed by atoms with Crippen LogP contribution in [-0.2, 0) is 14.8 Å². The fourth-order valence-electron chi connectivity index (χ4n) is 0.792. The minimum atomic E-state index is -3.37. The first kappa shape index (κ1) is 13.3. The largest absolute Gasteiger partial charge is 0.481 e. The van der Waals surface area contributed by atoms with Gasteiger partial charge in [0.15, 0.2) is 0 Å². The topological polar surface area (TPSA) is 104 Å². The van der Waals surface area contributed by atoms with E-state index in [2.05, 4.69) is 4.72 Å². The second-order valence-electron chi connectivity index (χ2n) is 2.79. The van der Waals surface area contributed by atoms with Crippen LogP contribution in [0.4, 0.5) is 0 Å². The predicted octanol–water partition coefficient (Wildman–Crippen LogP) is -0.847. The molecule has 0 fully saturated rings. The average Bonchev–Trinajstić information content (AvgIpc) is 2.03. The third kappa shape index (κ3) is 7.96. The van der Waals surface area contributed by atoms with Gasteiger partial charge in [0.1, 0.15) is 0 Å². The highest BCUT2D eigenvalue weighted by molar-refractivity contribution is 7.89. The molecule has 7 heteroatoms. The molecule has 6 nitrogen and oxygen atoms in total. The van der Waals surface area contributed by atoms with E-state index >= 15 is 0 Å². The maximum absolute atomic E-state index is 11.1. The lowest BCUT2D eigenvalue weighted by Gasteiger charge is -2.04. The summed E-state index contributed by atoms with van der Waals surface area (Å²) in [6.45, 7) is 0.115. The number of sulfonamides is 1. The molecule has 0 heterocycles. The Labute approximate surface area is 83.0 Å². The zero-order valence-corrected chi connectivity index (χ0v) is 8.59. The first-order valence-corrected chi connectivity index (χ1v) is 5.93. The first-order chi connectivity index (χ1) is 6.48. The molecule has 84 valence electrons. The molecule has 0 saturated carbocycles. The van der Waals surface area contributed by atoms with E-state index in [4.69, 9.17) is 10.2 Å². The van der Waals surface area contributed by atoms with Gasteiger partial charge in [-0.1, -0.05) is 0 Å². The number of nitrogens with one attached hydrogen (secondary N) is 1. The maximum Gasteiger partial charge on any atom is 0.303 e. The van der Waals surface area contributed by atoms with Gasteiger partial charge in [-0.3, -0.25) is 4.79 Å². The molecule has 0 aliphatic rings. The summed E-state index contributed by atoms with van der Waals surface area (Å²) in [5, 5.41) is 16.7. The quantitative estimate of drug-likeness (QED) is 0.467. The fraction of sp³-hybridized carbons (Fsp3) is 0.857. The van der Waals surface area contributed by atoms with E-state index in [0.717, 1.165) is 0 Å². The zero-order valence-electron chi connectivity index (χ0n) is 7.77. The van der Waals surface area contributed by atoms with Crippen molar-refractivity contribution in [1.82, 2.24) is 4.72 Å². The molecule has 0 aromatic rings. The Morgan fingerprint density at radius 3 is 2.43 bits per heavy atom. The highest BCUT2D eigenvalue weighted by atomic mass is 32.2. The number of rotatable bonds is 8. The molecule has 0 aromatic carbocycles. The number of aliphatic hydroxyl groups is 1. The van der Waals surface area contributed by atoms with Gasteiger partial charge in [0, 0.05) is 19.6 Å². The lowest BCUT2D eigenvalue weighted by atomic mass is 10.3. The van der Waals surface area contributed by atoms with Gasteiger partial charge in [-0.25, -0.2) is 13.1 Å². The molecule has 0 aliphatic heterocycles. The van der Waals surface area contributed by atoms with E-state index in [1.54, 1.807) is 0 Å². The smallest absolute Gasteiger partial charge is 0.303 e. The molecular formula is C7H15NO5S. The second-order valence-corrected chi connectivity index (χ2v) is 4.71. The lowest BCUT2D eigenvalue weighted by Crippen LogP contribution is -2.28. The molecule has 0 aliphatic carbocycles. The Morgan fingerprint density at radius 1 is 1.29 bits per heavy atom. The molecule has 0 spiro atoms. The van der Waals surface area contributed by atoms with Gasteiger partial charge in [-0.15, -0.1) is 0 Å². The summed E-state index contributed by atoms with van der Waals surface area (Å²) in [5.74, 6) is -1.19. The van der Waals surface area contributed by atoms with Crippen LogP contribution in [0.3, 0.4) is 0 Å². The number of carbonyl (C=O) groups is 1. The Balaban J connectivity index is 3.67. The van der Waals surface area contributed by atoms with E-state index in [1.807, 2.05) is 0 Å². The molecule has 0 rings (SSSR count). The van der Waals surface area contributed by atoms with Crippen molar-refractivity contribution in [2.24, 2.45) is 0 Å². The molecule has 14 heavy (non-hydrogen) atoms. The molecule has 0 amide bonds. The van der Waals surface area contributed by atoms with Crippen molar-refractivity contribution >= 4 is 16.0 Å². The second kappa shape index (κ2) is 6.74. The SMILES string of the molecule is O=C(O)CCCS(=O)(=O)NCCCO. The van der Waals surface area contributed by atoms with Crippen LogP contribution in [0.15, 0.2) is 0 Å². The number of hydrogen-bond donors (Lipinski definition) is 3. The molecule has 0 saturated heterocycles. The standard InChI is InChI=1S/C7H15NO5S/c9-5-2-4-8-14(12,13)6-1-3-7(10)11/h8-9H,1-6H2,(H,10,11). The van der Waals surface area contributed by atoms with Gasteiger partial charge in [0.25, 0.3) is 0 Å². The average molecular weight is 225 g/mol. The van der Waals surface area contributed by atoms with Crippen molar-refractivity contribution in [2.45, 2.75) is 19.3 Å². The summed E-state index contributed by atoms with van der Waals surface area (Å²) >= 11 is 0. The lowest BCUT2D eigenvalue weighted by molar-refractivity contribution is -0.137. The van der Waals surface area contributed by atoms with E-state index in [1.165, 1.54) is 0 Å². The Hall–Kier alpha value is -0.660. The Morgan fingerprint density at radius 2 is 1.93 bits per heavy atom. The van der Waals surface area contributed by atoms with Crippen molar-refractivity contribution in [3.63, 3.8) is 0 Å². The molecule has 0 aromatic heterocycles. The third-order valence-corrected chi connectivity index (χ3v) is 2.93. The number of carboxylic acid groups (broad SMARTS) is 1. The van der Waals surface area contributed by atoms with Crippen molar-refractivity contribution in [1.29, 1.82) is 0 Å². The highest BCUT2D eigenvalue weighted by Crippen LogP contribution is 1.94. The van der Waals surface area contributed by atoms with Crippen molar-refractivity contribution in [3.05, 3.63) is 0 Å². The molecule has 0 atom stereocenters.